The smallest absolute Gasteiger partial charge is 0.168 e. The highest BCUT2D eigenvalue weighted by Crippen LogP contribution is 2.46. The largest absolute Gasteiger partial charge is 0.196 e. The summed E-state index contributed by atoms with van der Waals surface area (Å²) in [6.07, 6.45) is 7.80. The van der Waals surface area contributed by atoms with Gasteiger partial charge in [0, 0.05) is 12.3 Å². The summed E-state index contributed by atoms with van der Waals surface area (Å²) in [5, 5.41) is 19.7. The fourth-order valence-corrected chi connectivity index (χ4v) is 3.36. The first-order chi connectivity index (χ1) is 11.4. The average Bonchev–Trinajstić information content (AvgIpc) is 2.73. The van der Waals surface area contributed by atoms with Crippen LogP contribution < -0.4 is 0 Å². The summed E-state index contributed by atoms with van der Waals surface area (Å²) in [7, 11) is 0. The van der Waals surface area contributed by atoms with Crippen molar-refractivity contribution in [3.05, 3.63) is 59.7 Å². The van der Waals surface area contributed by atoms with Crippen molar-refractivity contribution in [1.82, 2.24) is 0 Å². The molecule has 24 heavy (non-hydrogen) atoms. The van der Waals surface area contributed by atoms with Gasteiger partial charge < -0.3 is 0 Å². The molecule has 0 amide bonds. The fraction of sp³-hybridized carbons (Fsp3) is 0.455. The number of nitrogens with zero attached hydrogens (tertiary/aromatic N) is 2. The van der Waals surface area contributed by atoms with E-state index < -0.39 is 5.41 Å². The van der Waals surface area contributed by atoms with Crippen molar-refractivity contribution in [2.24, 2.45) is 16.7 Å². The molecule has 0 bridgehead atoms. The van der Waals surface area contributed by atoms with Crippen molar-refractivity contribution in [3.8, 4) is 12.1 Å². The number of hydrogen-bond acceptors (Lipinski definition) is 2. The van der Waals surface area contributed by atoms with Crippen LogP contribution in [0.2, 0.25) is 0 Å². The lowest BCUT2D eigenvalue weighted by Crippen LogP contribution is -2.26. The lowest BCUT2D eigenvalue weighted by Gasteiger charge is -2.32. The zero-order valence-corrected chi connectivity index (χ0v) is 15.1. The van der Waals surface area contributed by atoms with E-state index in [-0.39, 0.29) is 17.3 Å². The quantitative estimate of drug-likeness (QED) is 0.665. The van der Waals surface area contributed by atoms with Gasteiger partial charge >= 0.3 is 0 Å². The van der Waals surface area contributed by atoms with Crippen LogP contribution in [0, 0.1) is 39.4 Å². The molecule has 0 aliphatic heterocycles. The highest BCUT2D eigenvalue weighted by Gasteiger charge is 2.41. The average molecular weight is 318 g/mol. The Morgan fingerprint density at radius 2 is 1.83 bits per heavy atom. The molecule has 0 saturated heterocycles. The molecule has 0 fully saturated rings. The minimum absolute atomic E-state index is 0.0336. The first-order valence-corrected chi connectivity index (χ1v) is 8.66. The van der Waals surface area contributed by atoms with Gasteiger partial charge in [-0.05, 0) is 28.9 Å². The first kappa shape index (κ1) is 18.0. The molecule has 0 saturated carbocycles. The highest BCUT2D eigenvalue weighted by molar-refractivity contribution is 5.42. The molecule has 0 unspecified atom stereocenters. The predicted octanol–water partition coefficient (Wildman–Crippen LogP) is 5.76. The van der Waals surface area contributed by atoms with Crippen molar-refractivity contribution in [1.29, 1.82) is 10.5 Å². The maximum atomic E-state index is 9.83. The van der Waals surface area contributed by atoms with Crippen LogP contribution >= 0.6 is 0 Å². The van der Waals surface area contributed by atoms with E-state index in [1.54, 1.807) is 0 Å². The Kier molecular flexibility index (Phi) is 5.30. The van der Waals surface area contributed by atoms with Gasteiger partial charge in [-0.3, -0.25) is 0 Å². The molecule has 0 spiro atoms. The van der Waals surface area contributed by atoms with Crippen LogP contribution in [0.15, 0.2) is 54.1 Å². The number of rotatable bonds is 3. The number of allylic oxidation sites excluding steroid dienone is 4. The van der Waals surface area contributed by atoms with Gasteiger partial charge in [-0.2, -0.15) is 10.5 Å². The number of nitriles is 2. The molecule has 0 heterocycles. The maximum Gasteiger partial charge on any atom is 0.168 e. The number of benzene rings is 1. The Labute approximate surface area is 146 Å². The van der Waals surface area contributed by atoms with E-state index in [1.165, 1.54) is 5.56 Å². The first-order valence-electron chi connectivity index (χ1n) is 8.66. The van der Waals surface area contributed by atoms with Crippen molar-refractivity contribution in [2.75, 3.05) is 0 Å². The second kappa shape index (κ2) is 7.06. The lowest BCUT2D eigenvalue weighted by molar-refractivity contribution is 0.427. The van der Waals surface area contributed by atoms with Gasteiger partial charge in [0.05, 0.1) is 12.1 Å². The molecule has 2 nitrogen and oxygen atoms in total. The third-order valence-electron chi connectivity index (χ3n) is 5.31. The Morgan fingerprint density at radius 3 is 2.38 bits per heavy atom. The van der Waals surface area contributed by atoms with Crippen LogP contribution in [0.3, 0.4) is 0 Å². The molecular weight excluding hydrogens is 292 g/mol. The van der Waals surface area contributed by atoms with Gasteiger partial charge in [0.2, 0.25) is 0 Å². The Bertz CT molecular complexity index is 697. The van der Waals surface area contributed by atoms with Crippen LogP contribution in [0.1, 0.15) is 52.0 Å². The van der Waals surface area contributed by atoms with E-state index >= 15 is 0 Å². The molecule has 0 aromatic heterocycles. The summed E-state index contributed by atoms with van der Waals surface area (Å²) >= 11 is 0. The molecule has 1 aromatic rings. The molecule has 2 atom stereocenters. The Balaban J connectivity index is 2.60. The van der Waals surface area contributed by atoms with Gasteiger partial charge in [0.15, 0.2) is 5.41 Å². The van der Waals surface area contributed by atoms with E-state index in [0.717, 1.165) is 12.0 Å². The second-order valence-electron chi connectivity index (χ2n) is 7.43. The highest BCUT2D eigenvalue weighted by atomic mass is 14.5. The van der Waals surface area contributed by atoms with Crippen LogP contribution in [0.5, 0.6) is 0 Å². The maximum absolute atomic E-state index is 9.83. The Morgan fingerprint density at radius 1 is 1.21 bits per heavy atom. The van der Waals surface area contributed by atoms with E-state index in [0.29, 0.717) is 6.42 Å². The third kappa shape index (κ3) is 3.44. The Hall–Kier alpha value is -2.32. The fourth-order valence-electron chi connectivity index (χ4n) is 3.36. The van der Waals surface area contributed by atoms with Crippen molar-refractivity contribution in [2.45, 2.75) is 46.5 Å². The zero-order valence-electron chi connectivity index (χ0n) is 15.1. The summed E-state index contributed by atoms with van der Waals surface area (Å²) in [4.78, 5) is 0. The monoisotopic (exact) mass is 318 g/mol. The van der Waals surface area contributed by atoms with Crippen LogP contribution in [0.4, 0.5) is 0 Å². The summed E-state index contributed by atoms with van der Waals surface area (Å²) in [5.41, 5.74) is 1.10. The molecule has 1 aliphatic carbocycles. The van der Waals surface area contributed by atoms with E-state index in [4.69, 9.17) is 0 Å². The summed E-state index contributed by atoms with van der Waals surface area (Å²) in [6, 6.07) is 15.0. The van der Waals surface area contributed by atoms with Crippen LogP contribution in [-0.2, 0) is 0 Å². The molecule has 2 rings (SSSR count). The van der Waals surface area contributed by atoms with Crippen molar-refractivity contribution in [3.63, 3.8) is 0 Å². The second-order valence-corrected chi connectivity index (χ2v) is 7.43. The van der Waals surface area contributed by atoms with Crippen LogP contribution in [-0.4, -0.2) is 0 Å². The zero-order chi connectivity index (χ0) is 17.8. The van der Waals surface area contributed by atoms with Gasteiger partial charge in [0.1, 0.15) is 0 Å². The van der Waals surface area contributed by atoms with Gasteiger partial charge in [0.25, 0.3) is 0 Å². The molecule has 1 aromatic carbocycles. The van der Waals surface area contributed by atoms with Gasteiger partial charge in [-0.15, -0.1) is 0 Å². The molecule has 0 N–H and O–H groups in total. The normalized spacial score (nSPS) is 24.8. The summed E-state index contributed by atoms with van der Waals surface area (Å²) < 4.78 is 0. The van der Waals surface area contributed by atoms with E-state index in [2.05, 4.69) is 64.1 Å². The SMILES string of the molecule is CCC(C)(C)/C=C1\[C@@H](C)[C@H](c2ccccc2)C=CCC1(C#N)C#N. The molecule has 124 valence electrons. The molecule has 1 aliphatic rings. The van der Waals surface area contributed by atoms with E-state index in [9.17, 15) is 10.5 Å². The molecule has 2 heteroatoms. The minimum Gasteiger partial charge on any atom is -0.196 e. The number of hydrogen-bond donors (Lipinski definition) is 0. The van der Waals surface area contributed by atoms with Crippen molar-refractivity contribution >= 4 is 0 Å². The van der Waals surface area contributed by atoms with Gasteiger partial charge in [-0.1, -0.05) is 76.3 Å². The van der Waals surface area contributed by atoms with Gasteiger partial charge in [-0.25, -0.2) is 0 Å². The van der Waals surface area contributed by atoms with Crippen molar-refractivity contribution < 1.29 is 0 Å². The molecule has 0 radical (unpaired) electrons. The summed E-state index contributed by atoms with van der Waals surface area (Å²) in [5.74, 6) is 0.296. The standard InChI is InChI=1S/C22H26N2/c1-5-21(3,4)14-20-17(2)19(18-10-7-6-8-11-18)12-9-13-22(20,15-23)16-24/h6-12,14,17,19H,5,13H2,1-4H3/b20-14+/t17-,19+/m0/s1. The van der Waals surface area contributed by atoms with Crippen LogP contribution in [0.25, 0.3) is 0 Å². The third-order valence-corrected chi connectivity index (χ3v) is 5.31. The summed E-state index contributed by atoms with van der Waals surface area (Å²) in [6.45, 7) is 8.63. The molecular formula is C22H26N2. The lowest BCUT2D eigenvalue weighted by atomic mass is 9.69. The predicted molar refractivity (Wildman–Crippen MR) is 97.9 cm³/mol. The topological polar surface area (TPSA) is 47.6 Å². The van der Waals surface area contributed by atoms with E-state index in [1.807, 2.05) is 24.3 Å². The minimum atomic E-state index is -1.06.